The zero-order valence-electron chi connectivity index (χ0n) is 13.2. The summed E-state index contributed by atoms with van der Waals surface area (Å²) in [6.07, 6.45) is 3.57. The summed E-state index contributed by atoms with van der Waals surface area (Å²) in [4.78, 5) is 27.3. The molecule has 3 atom stereocenters. The summed E-state index contributed by atoms with van der Waals surface area (Å²) in [6.45, 7) is 0. The van der Waals surface area contributed by atoms with Crippen LogP contribution < -0.4 is 0 Å². The number of likely N-dealkylation sites (N-methyl/N-ethyl adjacent to an activating group) is 1. The molecular formula is C18H17Cl2NO3. The van der Waals surface area contributed by atoms with Crippen LogP contribution in [0.5, 0.6) is 0 Å². The van der Waals surface area contributed by atoms with Gasteiger partial charge >= 0.3 is 0 Å². The fourth-order valence-electron chi connectivity index (χ4n) is 4.03. The number of benzene rings is 1. The van der Waals surface area contributed by atoms with Gasteiger partial charge < -0.3 is 9.64 Å². The molecule has 6 heteroatoms. The van der Waals surface area contributed by atoms with Crippen molar-refractivity contribution in [3.63, 3.8) is 0 Å². The number of nitrogens with zero attached hydrogens (tertiary/aromatic N) is 1. The predicted octanol–water partition coefficient (Wildman–Crippen LogP) is 3.92. The highest BCUT2D eigenvalue weighted by molar-refractivity contribution is 6.42. The molecule has 1 amide bonds. The number of ether oxygens (including phenoxy) is 1. The van der Waals surface area contributed by atoms with Gasteiger partial charge in [0.1, 0.15) is 6.10 Å². The third-order valence-electron chi connectivity index (χ3n) is 5.25. The van der Waals surface area contributed by atoms with Crippen LogP contribution in [0.2, 0.25) is 10.0 Å². The minimum atomic E-state index is -0.461. The Bertz CT molecular complexity index is 774. The van der Waals surface area contributed by atoms with Gasteiger partial charge in [-0.05, 0) is 37.0 Å². The van der Waals surface area contributed by atoms with E-state index in [1.165, 1.54) is 0 Å². The smallest absolute Gasteiger partial charge is 0.289 e. The quantitative estimate of drug-likeness (QED) is 0.757. The first kappa shape index (κ1) is 16.0. The molecule has 0 aromatic heterocycles. The average Bonchev–Trinajstić information content (AvgIpc) is 2.83. The van der Waals surface area contributed by atoms with Crippen molar-refractivity contribution in [1.29, 1.82) is 0 Å². The molecule has 0 spiro atoms. The highest BCUT2D eigenvalue weighted by Gasteiger charge is 2.50. The van der Waals surface area contributed by atoms with Crippen LogP contribution in [0.3, 0.4) is 0 Å². The van der Waals surface area contributed by atoms with Crippen LogP contribution in [0.15, 0.2) is 29.5 Å². The first-order valence-corrected chi connectivity index (χ1v) is 8.91. The standard InChI is InChI=1S/C18H17Cl2NO3/c1-21-15(9-6-7-11(19)12(20)8-9)14-16(22)10-4-2-3-5-13(10)24-17(14)18(21)23/h6-8,10,13,15H,2-5H2,1H3. The molecule has 1 saturated carbocycles. The fraction of sp³-hybridized carbons (Fsp3) is 0.444. The van der Waals surface area contributed by atoms with E-state index in [4.69, 9.17) is 27.9 Å². The Morgan fingerprint density at radius 2 is 1.88 bits per heavy atom. The van der Waals surface area contributed by atoms with Crippen molar-refractivity contribution in [3.8, 4) is 0 Å². The zero-order valence-corrected chi connectivity index (χ0v) is 14.7. The highest BCUT2D eigenvalue weighted by Crippen LogP contribution is 2.46. The van der Waals surface area contributed by atoms with Crippen molar-refractivity contribution in [1.82, 2.24) is 4.90 Å². The number of fused-ring (bicyclic) bond motifs is 1. The summed E-state index contributed by atoms with van der Waals surface area (Å²) >= 11 is 12.1. The van der Waals surface area contributed by atoms with Crippen molar-refractivity contribution in [3.05, 3.63) is 45.1 Å². The molecule has 126 valence electrons. The summed E-state index contributed by atoms with van der Waals surface area (Å²) in [7, 11) is 1.69. The molecule has 1 aliphatic carbocycles. The largest absolute Gasteiger partial charge is 0.483 e. The third kappa shape index (κ3) is 2.27. The van der Waals surface area contributed by atoms with Crippen molar-refractivity contribution >= 4 is 34.9 Å². The van der Waals surface area contributed by atoms with Crippen LogP contribution >= 0.6 is 23.2 Å². The van der Waals surface area contributed by atoms with Gasteiger partial charge in [-0.15, -0.1) is 0 Å². The normalized spacial score (nSPS) is 29.5. The molecule has 0 N–H and O–H groups in total. The molecule has 3 aliphatic rings. The topological polar surface area (TPSA) is 46.6 Å². The van der Waals surface area contributed by atoms with Gasteiger partial charge in [0.2, 0.25) is 0 Å². The highest BCUT2D eigenvalue weighted by atomic mass is 35.5. The van der Waals surface area contributed by atoms with Crippen molar-refractivity contribution in [2.24, 2.45) is 5.92 Å². The van der Waals surface area contributed by atoms with E-state index in [9.17, 15) is 9.59 Å². The molecule has 4 nitrogen and oxygen atoms in total. The number of hydrogen-bond donors (Lipinski definition) is 0. The maximum absolute atomic E-state index is 13.1. The predicted molar refractivity (Wildman–Crippen MR) is 90.8 cm³/mol. The maximum atomic E-state index is 13.1. The summed E-state index contributed by atoms with van der Waals surface area (Å²) < 4.78 is 5.98. The van der Waals surface area contributed by atoms with E-state index in [-0.39, 0.29) is 29.5 Å². The van der Waals surface area contributed by atoms with E-state index < -0.39 is 6.04 Å². The van der Waals surface area contributed by atoms with Crippen LogP contribution in [0.1, 0.15) is 37.3 Å². The molecule has 1 aromatic carbocycles. The van der Waals surface area contributed by atoms with Gasteiger partial charge in [0.15, 0.2) is 11.5 Å². The number of rotatable bonds is 1. The number of halogens is 2. The number of amides is 1. The van der Waals surface area contributed by atoms with Crippen molar-refractivity contribution in [2.45, 2.75) is 37.8 Å². The van der Waals surface area contributed by atoms with E-state index in [0.717, 1.165) is 31.2 Å². The Kier molecular flexibility index (Phi) is 3.85. The van der Waals surface area contributed by atoms with Gasteiger partial charge in [0.25, 0.3) is 5.91 Å². The molecule has 1 aromatic rings. The number of carbonyl (C=O) groups excluding carboxylic acids is 2. The van der Waals surface area contributed by atoms with Crippen LogP contribution in [0, 0.1) is 5.92 Å². The van der Waals surface area contributed by atoms with Gasteiger partial charge in [-0.3, -0.25) is 9.59 Å². The van der Waals surface area contributed by atoms with Crippen molar-refractivity contribution < 1.29 is 14.3 Å². The number of hydrogen-bond acceptors (Lipinski definition) is 3. The lowest BCUT2D eigenvalue weighted by Crippen LogP contribution is -2.39. The van der Waals surface area contributed by atoms with Gasteiger partial charge in [0.05, 0.1) is 27.6 Å². The summed E-state index contributed by atoms with van der Waals surface area (Å²) in [5, 5.41) is 0.851. The summed E-state index contributed by atoms with van der Waals surface area (Å²) in [5.41, 5.74) is 1.25. The summed E-state index contributed by atoms with van der Waals surface area (Å²) in [5.74, 6) is -0.100. The molecular weight excluding hydrogens is 349 g/mol. The number of Topliss-reactive ketones (excluding diaryl/α,β-unsaturated/α-hetero) is 1. The second-order valence-electron chi connectivity index (χ2n) is 6.65. The summed E-state index contributed by atoms with van der Waals surface area (Å²) in [6, 6.07) is 4.75. The van der Waals surface area contributed by atoms with E-state index in [0.29, 0.717) is 15.6 Å². The zero-order chi connectivity index (χ0) is 17.0. The van der Waals surface area contributed by atoms with Crippen LogP contribution in [-0.4, -0.2) is 29.7 Å². The lowest BCUT2D eigenvalue weighted by molar-refractivity contribution is -0.134. The van der Waals surface area contributed by atoms with Gasteiger partial charge in [-0.25, -0.2) is 0 Å². The molecule has 24 heavy (non-hydrogen) atoms. The molecule has 4 rings (SSSR count). The second kappa shape index (κ2) is 5.78. The first-order valence-electron chi connectivity index (χ1n) is 8.16. The molecule has 2 heterocycles. The molecule has 2 aliphatic heterocycles. The van der Waals surface area contributed by atoms with Gasteiger partial charge in [-0.1, -0.05) is 35.7 Å². The van der Waals surface area contributed by atoms with E-state index in [1.807, 2.05) is 0 Å². The monoisotopic (exact) mass is 365 g/mol. The minimum Gasteiger partial charge on any atom is -0.483 e. The Labute approximate surface area is 150 Å². The SMILES string of the molecule is CN1C(=O)C2=C(C(=O)C3CCCCC3O2)C1c1ccc(Cl)c(Cl)c1. The van der Waals surface area contributed by atoms with Crippen LogP contribution in [0.25, 0.3) is 0 Å². The minimum absolute atomic E-state index is 0.0507. The number of carbonyl (C=O) groups is 2. The maximum Gasteiger partial charge on any atom is 0.289 e. The Balaban J connectivity index is 1.80. The van der Waals surface area contributed by atoms with E-state index in [2.05, 4.69) is 0 Å². The van der Waals surface area contributed by atoms with Crippen molar-refractivity contribution in [2.75, 3.05) is 7.05 Å². The average molecular weight is 366 g/mol. The number of ketones is 1. The Hall–Kier alpha value is -1.52. The van der Waals surface area contributed by atoms with E-state index in [1.54, 1.807) is 30.1 Å². The Morgan fingerprint density at radius 3 is 2.62 bits per heavy atom. The lowest BCUT2D eigenvalue weighted by Gasteiger charge is -2.35. The molecule has 3 unspecified atom stereocenters. The fourth-order valence-corrected chi connectivity index (χ4v) is 4.34. The lowest BCUT2D eigenvalue weighted by atomic mass is 9.77. The van der Waals surface area contributed by atoms with E-state index >= 15 is 0 Å². The first-order chi connectivity index (χ1) is 11.5. The van der Waals surface area contributed by atoms with Gasteiger partial charge in [-0.2, -0.15) is 0 Å². The Morgan fingerprint density at radius 1 is 1.12 bits per heavy atom. The van der Waals surface area contributed by atoms with Gasteiger partial charge in [0, 0.05) is 7.05 Å². The van der Waals surface area contributed by atoms with Crippen LogP contribution in [0.4, 0.5) is 0 Å². The molecule has 0 radical (unpaired) electrons. The molecule has 1 fully saturated rings. The molecule has 0 saturated heterocycles. The molecule has 0 bridgehead atoms. The third-order valence-corrected chi connectivity index (χ3v) is 5.99. The van der Waals surface area contributed by atoms with Crippen LogP contribution in [-0.2, 0) is 14.3 Å². The second-order valence-corrected chi connectivity index (χ2v) is 7.46.